The van der Waals surface area contributed by atoms with Gasteiger partial charge in [-0.1, -0.05) is 30.7 Å². The Bertz CT molecular complexity index is 1090. The third-order valence-corrected chi connectivity index (χ3v) is 6.12. The van der Waals surface area contributed by atoms with E-state index < -0.39 is 0 Å². The molecule has 29 heavy (non-hydrogen) atoms. The molecule has 1 saturated carbocycles. The van der Waals surface area contributed by atoms with Gasteiger partial charge in [0.15, 0.2) is 0 Å². The van der Waals surface area contributed by atoms with Crippen LogP contribution in [0.5, 0.6) is 0 Å². The van der Waals surface area contributed by atoms with Crippen molar-refractivity contribution in [2.45, 2.75) is 24.7 Å². The first kappa shape index (κ1) is 17.8. The minimum absolute atomic E-state index is 0.0948. The molecule has 1 aliphatic carbocycles. The van der Waals surface area contributed by atoms with Crippen LogP contribution in [0.15, 0.2) is 54.9 Å². The number of nitrogens with zero attached hydrogens (tertiary/aromatic N) is 3. The molecule has 2 aliphatic rings. The molecule has 1 fully saturated rings. The van der Waals surface area contributed by atoms with Crippen LogP contribution in [0.25, 0.3) is 11.1 Å². The molecule has 5 nitrogen and oxygen atoms in total. The molecule has 0 unspecified atom stereocenters. The fraction of sp³-hybridized carbons (Fsp3) is 0.261. The van der Waals surface area contributed by atoms with Crippen LogP contribution in [0, 0.1) is 5.82 Å². The Morgan fingerprint density at radius 3 is 2.55 bits per heavy atom. The standard InChI is InChI=1S/C23H20FN3O2/c1-29-21(28)15-7-8-18-20(11-15)27(14-23(18)9-4-10-23)22-25-12-16(13-26-22)17-5-2-3-6-19(17)24/h2-3,5-8,11-13H,4,9-10,14H2,1H3. The van der Waals surface area contributed by atoms with Crippen molar-refractivity contribution in [3.05, 3.63) is 71.8 Å². The van der Waals surface area contributed by atoms with Crippen molar-refractivity contribution in [3.8, 4) is 11.1 Å². The van der Waals surface area contributed by atoms with E-state index >= 15 is 0 Å². The summed E-state index contributed by atoms with van der Waals surface area (Å²) in [5, 5.41) is 0. The van der Waals surface area contributed by atoms with Crippen LogP contribution in [-0.4, -0.2) is 29.6 Å². The van der Waals surface area contributed by atoms with Crippen LogP contribution < -0.4 is 4.90 Å². The van der Waals surface area contributed by atoms with Crippen LogP contribution in [0.2, 0.25) is 0 Å². The van der Waals surface area contributed by atoms with Crippen LogP contribution in [0.3, 0.4) is 0 Å². The molecule has 2 aromatic carbocycles. The summed E-state index contributed by atoms with van der Waals surface area (Å²) >= 11 is 0. The largest absolute Gasteiger partial charge is 0.465 e. The molecule has 0 atom stereocenters. The molecule has 146 valence electrons. The number of hydrogen-bond acceptors (Lipinski definition) is 5. The van der Waals surface area contributed by atoms with E-state index in [4.69, 9.17) is 4.74 Å². The SMILES string of the molecule is COC(=O)c1ccc2c(c1)N(c1ncc(-c3ccccc3F)cn1)CC21CCC1. The highest BCUT2D eigenvalue weighted by Crippen LogP contribution is 2.54. The lowest BCUT2D eigenvalue weighted by atomic mass is 9.66. The number of anilines is 2. The fourth-order valence-electron chi connectivity index (χ4n) is 4.43. The number of esters is 1. The van der Waals surface area contributed by atoms with E-state index in [2.05, 4.69) is 14.9 Å². The Balaban J connectivity index is 1.54. The normalized spacial score (nSPS) is 16.4. The highest BCUT2D eigenvalue weighted by Gasteiger charge is 2.48. The second kappa shape index (κ2) is 6.65. The average Bonchev–Trinajstić information content (AvgIpc) is 3.09. The van der Waals surface area contributed by atoms with E-state index in [0.717, 1.165) is 25.1 Å². The minimum atomic E-state index is -0.363. The summed E-state index contributed by atoms with van der Waals surface area (Å²) < 4.78 is 19.0. The molecule has 1 spiro atoms. The Morgan fingerprint density at radius 2 is 1.90 bits per heavy atom. The fourth-order valence-corrected chi connectivity index (χ4v) is 4.43. The van der Waals surface area contributed by atoms with Crippen molar-refractivity contribution >= 4 is 17.6 Å². The van der Waals surface area contributed by atoms with E-state index in [1.807, 2.05) is 18.2 Å². The van der Waals surface area contributed by atoms with E-state index in [9.17, 15) is 9.18 Å². The van der Waals surface area contributed by atoms with Crippen molar-refractivity contribution in [3.63, 3.8) is 0 Å². The lowest BCUT2D eigenvalue weighted by molar-refractivity contribution is 0.0600. The van der Waals surface area contributed by atoms with Gasteiger partial charge >= 0.3 is 5.97 Å². The van der Waals surface area contributed by atoms with Gasteiger partial charge in [0.2, 0.25) is 5.95 Å². The monoisotopic (exact) mass is 389 g/mol. The predicted molar refractivity (Wildman–Crippen MR) is 108 cm³/mol. The second-order valence-corrected chi connectivity index (χ2v) is 7.70. The van der Waals surface area contributed by atoms with Crippen LogP contribution in [-0.2, 0) is 10.2 Å². The van der Waals surface area contributed by atoms with Gasteiger partial charge in [-0.15, -0.1) is 0 Å². The number of halogens is 1. The van der Waals surface area contributed by atoms with Gasteiger partial charge in [-0.3, -0.25) is 0 Å². The first-order valence-corrected chi connectivity index (χ1v) is 9.69. The lowest BCUT2D eigenvalue weighted by Gasteiger charge is -2.39. The first-order chi connectivity index (χ1) is 14.1. The first-order valence-electron chi connectivity index (χ1n) is 9.69. The molecule has 6 heteroatoms. The van der Waals surface area contributed by atoms with Gasteiger partial charge < -0.3 is 9.64 Å². The van der Waals surface area contributed by atoms with Crippen molar-refractivity contribution in [1.82, 2.24) is 9.97 Å². The number of ether oxygens (including phenoxy) is 1. The van der Waals surface area contributed by atoms with Gasteiger partial charge in [0.1, 0.15) is 5.82 Å². The maximum Gasteiger partial charge on any atom is 0.337 e. The minimum Gasteiger partial charge on any atom is -0.465 e. The number of carbonyl (C=O) groups excluding carboxylic acids is 1. The maximum atomic E-state index is 14.1. The summed E-state index contributed by atoms with van der Waals surface area (Å²) in [6, 6.07) is 12.3. The molecule has 0 saturated heterocycles. The molecule has 2 heterocycles. The van der Waals surface area contributed by atoms with Crippen molar-refractivity contribution in [2.24, 2.45) is 0 Å². The van der Waals surface area contributed by atoms with Gasteiger partial charge in [0.05, 0.1) is 12.7 Å². The van der Waals surface area contributed by atoms with E-state index in [0.29, 0.717) is 22.6 Å². The maximum absolute atomic E-state index is 14.1. The summed E-state index contributed by atoms with van der Waals surface area (Å²) in [5.74, 6) is -0.109. The highest BCUT2D eigenvalue weighted by molar-refractivity contribution is 5.91. The summed E-state index contributed by atoms with van der Waals surface area (Å²) in [4.78, 5) is 23.1. The van der Waals surface area contributed by atoms with Crippen LogP contribution in [0.4, 0.5) is 16.0 Å². The molecule has 0 bridgehead atoms. The van der Waals surface area contributed by atoms with Crippen molar-refractivity contribution in [1.29, 1.82) is 0 Å². The number of fused-ring (bicyclic) bond motifs is 2. The van der Waals surface area contributed by atoms with Gasteiger partial charge in [0, 0.05) is 41.2 Å². The van der Waals surface area contributed by atoms with Gasteiger partial charge in [0.25, 0.3) is 0 Å². The number of carbonyl (C=O) groups is 1. The summed E-state index contributed by atoms with van der Waals surface area (Å²) in [6.07, 6.45) is 6.72. The van der Waals surface area contributed by atoms with Crippen molar-refractivity contribution < 1.29 is 13.9 Å². The number of methoxy groups -OCH3 is 1. The zero-order chi connectivity index (χ0) is 20.0. The summed E-state index contributed by atoms with van der Waals surface area (Å²) in [5.41, 5.74) is 3.90. The average molecular weight is 389 g/mol. The Labute approximate surface area is 168 Å². The highest BCUT2D eigenvalue weighted by atomic mass is 19.1. The molecule has 3 aromatic rings. The lowest BCUT2D eigenvalue weighted by Crippen LogP contribution is -2.38. The van der Waals surface area contributed by atoms with Crippen LogP contribution in [0.1, 0.15) is 35.2 Å². The van der Waals surface area contributed by atoms with Crippen LogP contribution >= 0.6 is 0 Å². The molecule has 0 amide bonds. The number of aromatic nitrogens is 2. The number of hydrogen-bond donors (Lipinski definition) is 0. The molecule has 5 rings (SSSR count). The second-order valence-electron chi connectivity index (χ2n) is 7.70. The molecule has 0 radical (unpaired) electrons. The van der Waals surface area contributed by atoms with E-state index in [-0.39, 0.29) is 17.2 Å². The third-order valence-electron chi connectivity index (χ3n) is 6.12. The van der Waals surface area contributed by atoms with Gasteiger partial charge in [-0.05, 0) is 36.6 Å². The van der Waals surface area contributed by atoms with E-state index in [1.165, 1.54) is 25.2 Å². The van der Waals surface area contributed by atoms with E-state index in [1.54, 1.807) is 30.6 Å². The number of rotatable bonds is 3. The molecule has 1 aliphatic heterocycles. The van der Waals surface area contributed by atoms with Gasteiger partial charge in [-0.25, -0.2) is 19.2 Å². The molecule has 1 aromatic heterocycles. The van der Waals surface area contributed by atoms with Gasteiger partial charge in [-0.2, -0.15) is 0 Å². The molecular formula is C23H20FN3O2. The topological polar surface area (TPSA) is 55.3 Å². The zero-order valence-corrected chi connectivity index (χ0v) is 16.1. The quantitative estimate of drug-likeness (QED) is 0.611. The van der Waals surface area contributed by atoms with Crippen molar-refractivity contribution in [2.75, 3.05) is 18.6 Å². The molecular weight excluding hydrogens is 369 g/mol. The number of benzene rings is 2. The predicted octanol–water partition coefficient (Wildman–Crippen LogP) is 4.64. The summed E-state index contributed by atoms with van der Waals surface area (Å²) in [7, 11) is 1.38. The smallest absolute Gasteiger partial charge is 0.337 e. The Morgan fingerprint density at radius 1 is 1.14 bits per heavy atom. The third kappa shape index (κ3) is 2.78. The Kier molecular flexibility index (Phi) is 4.08. The summed E-state index contributed by atoms with van der Waals surface area (Å²) in [6.45, 7) is 0.784. The zero-order valence-electron chi connectivity index (χ0n) is 16.1. The molecule has 0 N–H and O–H groups in total. The Hall–Kier alpha value is -3.28.